The Kier molecular flexibility index (Phi) is 4.34. The van der Waals surface area contributed by atoms with Crippen LogP contribution in [0.1, 0.15) is 10.4 Å². The number of carbonyl (C=O) groups is 1. The zero-order chi connectivity index (χ0) is 13.8. The molecule has 1 heterocycles. The first kappa shape index (κ1) is 13.8. The molecule has 0 spiro atoms. The van der Waals surface area contributed by atoms with Gasteiger partial charge in [-0.25, -0.2) is 4.98 Å². The number of nitrogens with zero attached hydrogens (tertiary/aromatic N) is 2. The number of benzene rings is 1. The van der Waals surface area contributed by atoms with E-state index in [1.807, 2.05) is 0 Å². The van der Waals surface area contributed by atoms with Crippen LogP contribution in [0.2, 0.25) is 5.15 Å². The highest BCUT2D eigenvalue weighted by Gasteiger charge is 2.13. The van der Waals surface area contributed by atoms with Crippen molar-refractivity contribution in [1.29, 1.82) is 0 Å². The highest BCUT2D eigenvalue weighted by atomic mass is 79.9. The number of hydrogen-bond donors (Lipinski definition) is 1. The van der Waals surface area contributed by atoms with Crippen LogP contribution in [-0.4, -0.2) is 23.0 Å². The Morgan fingerprint density at radius 1 is 1.42 bits per heavy atom. The lowest BCUT2D eigenvalue weighted by Crippen LogP contribution is -2.14. The first-order valence-electron chi connectivity index (χ1n) is 5.22. The van der Waals surface area contributed by atoms with E-state index in [4.69, 9.17) is 16.3 Å². The Bertz CT molecular complexity index is 622. The monoisotopic (exact) mass is 341 g/mol. The molecular weight excluding hydrogens is 334 g/mol. The van der Waals surface area contributed by atoms with Crippen molar-refractivity contribution in [1.82, 2.24) is 9.97 Å². The number of aromatic nitrogens is 2. The average molecular weight is 343 g/mol. The SMILES string of the molecule is COc1cc(Br)ccc1C(=O)Nc1cncc(Cl)n1. The molecule has 19 heavy (non-hydrogen) atoms. The maximum absolute atomic E-state index is 12.1. The Morgan fingerprint density at radius 2 is 2.21 bits per heavy atom. The van der Waals surface area contributed by atoms with Crippen LogP contribution in [0.4, 0.5) is 5.82 Å². The summed E-state index contributed by atoms with van der Waals surface area (Å²) < 4.78 is 5.98. The molecule has 2 rings (SSSR count). The third-order valence-corrected chi connectivity index (χ3v) is 2.93. The minimum Gasteiger partial charge on any atom is -0.496 e. The molecule has 98 valence electrons. The molecule has 0 bridgehead atoms. The number of halogens is 2. The summed E-state index contributed by atoms with van der Waals surface area (Å²) in [5.74, 6) is 0.394. The predicted octanol–water partition coefficient (Wildman–Crippen LogP) is 3.15. The fourth-order valence-electron chi connectivity index (χ4n) is 1.44. The van der Waals surface area contributed by atoms with Crippen molar-refractivity contribution < 1.29 is 9.53 Å². The lowest BCUT2D eigenvalue weighted by molar-refractivity contribution is 0.102. The summed E-state index contributed by atoms with van der Waals surface area (Å²) in [5.41, 5.74) is 0.396. The molecule has 0 atom stereocenters. The summed E-state index contributed by atoms with van der Waals surface area (Å²) in [6.45, 7) is 0. The second-order valence-corrected chi connectivity index (χ2v) is 4.83. The third-order valence-electron chi connectivity index (χ3n) is 2.25. The van der Waals surface area contributed by atoms with Crippen LogP contribution in [0.25, 0.3) is 0 Å². The highest BCUT2D eigenvalue weighted by molar-refractivity contribution is 9.10. The summed E-state index contributed by atoms with van der Waals surface area (Å²) >= 11 is 9.01. The summed E-state index contributed by atoms with van der Waals surface area (Å²) in [5, 5.41) is 2.81. The van der Waals surface area contributed by atoms with Crippen molar-refractivity contribution in [2.75, 3.05) is 12.4 Å². The van der Waals surface area contributed by atoms with Gasteiger partial charge in [-0.1, -0.05) is 27.5 Å². The Labute approximate surface area is 123 Å². The third kappa shape index (κ3) is 3.42. The first-order valence-corrected chi connectivity index (χ1v) is 6.39. The second-order valence-electron chi connectivity index (χ2n) is 3.53. The van der Waals surface area contributed by atoms with Gasteiger partial charge in [-0.05, 0) is 18.2 Å². The van der Waals surface area contributed by atoms with Crippen LogP contribution in [-0.2, 0) is 0 Å². The maximum atomic E-state index is 12.1. The van der Waals surface area contributed by atoms with Gasteiger partial charge in [-0.15, -0.1) is 0 Å². The van der Waals surface area contributed by atoms with Crippen molar-refractivity contribution in [2.45, 2.75) is 0 Å². The van der Waals surface area contributed by atoms with Gasteiger partial charge < -0.3 is 10.1 Å². The van der Waals surface area contributed by atoms with Gasteiger partial charge in [-0.2, -0.15) is 0 Å². The normalized spacial score (nSPS) is 10.1. The lowest BCUT2D eigenvalue weighted by Gasteiger charge is -2.09. The van der Waals surface area contributed by atoms with Gasteiger partial charge in [0.2, 0.25) is 0 Å². The van der Waals surface area contributed by atoms with Crippen molar-refractivity contribution in [3.63, 3.8) is 0 Å². The maximum Gasteiger partial charge on any atom is 0.260 e. The smallest absolute Gasteiger partial charge is 0.260 e. The summed E-state index contributed by atoms with van der Waals surface area (Å²) in [6.07, 6.45) is 2.80. The average Bonchev–Trinajstić information content (AvgIpc) is 2.38. The van der Waals surface area contributed by atoms with Gasteiger partial charge in [0.25, 0.3) is 5.91 Å². The van der Waals surface area contributed by atoms with E-state index in [1.165, 1.54) is 19.5 Å². The first-order chi connectivity index (χ1) is 9.10. The minimum atomic E-state index is -0.346. The number of carbonyl (C=O) groups excluding carboxylic acids is 1. The van der Waals surface area contributed by atoms with E-state index in [1.54, 1.807) is 18.2 Å². The topological polar surface area (TPSA) is 64.1 Å². The molecule has 0 saturated carbocycles. The van der Waals surface area contributed by atoms with Crippen molar-refractivity contribution in [2.24, 2.45) is 0 Å². The molecule has 1 aromatic heterocycles. The summed E-state index contributed by atoms with van der Waals surface area (Å²) in [6, 6.07) is 5.11. The van der Waals surface area contributed by atoms with Crippen LogP contribution >= 0.6 is 27.5 Å². The van der Waals surface area contributed by atoms with Gasteiger partial charge in [-0.3, -0.25) is 9.78 Å². The standard InChI is InChI=1S/C12H9BrClN3O2/c1-19-9-4-7(13)2-3-8(9)12(18)17-11-6-15-5-10(14)16-11/h2-6H,1H3,(H,16,17,18). The van der Waals surface area contributed by atoms with Gasteiger partial charge in [0.1, 0.15) is 10.9 Å². The van der Waals surface area contributed by atoms with E-state index in [0.29, 0.717) is 11.3 Å². The van der Waals surface area contributed by atoms with Gasteiger partial charge >= 0.3 is 0 Å². The van der Waals surface area contributed by atoms with Crippen LogP contribution in [0, 0.1) is 0 Å². The number of methoxy groups -OCH3 is 1. The van der Waals surface area contributed by atoms with Gasteiger partial charge in [0.05, 0.1) is 25.1 Å². The van der Waals surface area contributed by atoms with Crippen molar-refractivity contribution in [3.8, 4) is 5.75 Å². The van der Waals surface area contributed by atoms with Crippen molar-refractivity contribution in [3.05, 3.63) is 45.8 Å². The molecule has 0 fully saturated rings. The number of hydrogen-bond acceptors (Lipinski definition) is 4. The molecular formula is C12H9BrClN3O2. The van der Waals surface area contributed by atoms with Crippen LogP contribution in [0.3, 0.4) is 0 Å². The largest absolute Gasteiger partial charge is 0.496 e. The number of amides is 1. The molecule has 2 aromatic rings. The van der Waals surface area contributed by atoms with Gasteiger partial charge in [0.15, 0.2) is 5.82 Å². The lowest BCUT2D eigenvalue weighted by atomic mass is 10.2. The number of rotatable bonds is 3. The molecule has 5 nitrogen and oxygen atoms in total. The van der Waals surface area contributed by atoms with Gasteiger partial charge in [0, 0.05) is 4.47 Å². The zero-order valence-corrected chi connectivity index (χ0v) is 12.2. The number of nitrogens with one attached hydrogen (secondary N) is 1. The van der Waals surface area contributed by atoms with Crippen molar-refractivity contribution >= 4 is 39.3 Å². The van der Waals surface area contributed by atoms with E-state index in [-0.39, 0.29) is 16.9 Å². The molecule has 1 aromatic carbocycles. The fourth-order valence-corrected chi connectivity index (χ4v) is 1.93. The van der Waals surface area contributed by atoms with E-state index < -0.39 is 0 Å². The molecule has 0 aliphatic heterocycles. The number of ether oxygens (including phenoxy) is 1. The molecule has 0 aliphatic rings. The summed E-state index contributed by atoms with van der Waals surface area (Å²) in [7, 11) is 1.50. The Morgan fingerprint density at radius 3 is 2.89 bits per heavy atom. The molecule has 0 aliphatic carbocycles. The van der Waals surface area contributed by atoms with Crippen LogP contribution in [0.15, 0.2) is 35.1 Å². The molecule has 0 radical (unpaired) electrons. The molecule has 7 heteroatoms. The molecule has 0 unspecified atom stereocenters. The fraction of sp³-hybridized carbons (Fsp3) is 0.0833. The quantitative estimate of drug-likeness (QED) is 0.930. The summed E-state index contributed by atoms with van der Waals surface area (Å²) in [4.78, 5) is 19.9. The zero-order valence-electron chi connectivity index (χ0n) is 9.85. The van der Waals surface area contributed by atoms with Crippen LogP contribution in [0.5, 0.6) is 5.75 Å². The molecule has 0 saturated heterocycles. The predicted molar refractivity (Wildman–Crippen MR) is 75.7 cm³/mol. The van der Waals surface area contributed by atoms with E-state index in [9.17, 15) is 4.79 Å². The van der Waals surface area contributed by atoms with E-state index >= 15 is 0 Å². The Hall–Kier alpha value is -1.66. The molecule has 1 N–H and O–H groups in total. The number of anilines is 1. The highest BCUT2D eigenvalue weighted by Crippen LogP contribution is 2.24. The minimum absolute atomic E-state index is 0.209. The van der Waals surface area contributed by atoms with E-state index in [0.717, 1.165) is 4.47 Å². The molecule has 1 amide bonds. The second kappa shape index (κ2) is 5.99. The van der Waals surface area contributed by atoms with E-state index in [2.05, 4.69) is 31.2 Å². The van der Waals surface area contributed by atoms with Crippen LogP contribution < -0.4 is 10.1 Å². The Balaban J connectivity index is 2.25.